The van der Waals surface area contributed by atoms with Crippen LogP contribution in [-0.2, 0) is 4.79 Å². The largest absolute Gasteiger partial charge is 0.495 e. The Bertz CT molecular complexity index is 745. The lowest BCUT2D eigenvalue weighted by atomic mass is 10.2. The lowest BCUT2D eigenvalue weighted by Crippen LogP contribution is -2.49. The highest BCUT2D eigenvalue weighted by Crippen LogP contribution is 2.28. The summed E-state index contributed by atoms with van der Waals surface area (Å²) >= 11 is 0. The van der Waals surface area contributed by atoms with E-state index >= 15 is 0 Å². The lowest BCUT2D eigenvalue weighted by Gasteiger charge is -2.36. The first-order chi connectivity index (χ1) is 12.7. The number of amides is 1. The Kier molecular flexibility index (Phi) is 5.94. The average molecular weight is 357 g/mol. The van der Waals surface area contributed by atoms with Gasteiger partial charge in [-0.3, -0.25) is 4.79 Å². The minimum absolute atomic E-state index is 0.0912. The van der Waals surface area contributed by atoms with Crippen molar-refractivity contribution in [1.82, 2.24) is 4.90 Å². The van der Waals surface area contributed by atoms with Crippen LogP contribution in [0.5, 0.6) is 5.75 Å². The molecular formula is C20H24FN3O2. The number of carbonyl (C=O) groups is 1. The van der Waals surface area contributed by atoms with Gasteiger partial charge in [-0.05, 0) is 24.3 Å². The predicted octanol–water partition coefficient (Wildman–Crippen LogP) is 2.99. The second kappa shape index (κ2) is 8.56. The highest BCUT2D eigenvalue weighted by molar-refractivity contribution is 5.77. The smallest absolute Gasteiger partial charge is 0.224 e. The Balaban J connectivity index is 1.47. The molecule has 6 heteroatoms. The first-order valence-electron chi connectivity index (χ1n) is 8.83. The molecule has 0 bridgehead atoms. The quantitative estimate of drug-likeness (QED) is 0.863. The number of nitrogens with one attached hydrogen (secondary N) is 1. The zero-order valence-corrected chi connectivity index (χ0v) is 15.0. The van der Waals surface area contributed by atoms with Gasteiger partial charge in [0, 0.05) is 39.1 Å². The molecule has 1 amide bonds. The van der Waals surface area contributed by atoms with E-state index < -0.39 is 0 Å². The molecule has 0 aliphatic carbocycles. The van der Waals surface area contributed by atoms with Crippen LogP contribution < -0.4 is 15.0 Å². The standard InChI is InChI=1S/C20H24FN3O2/c1-26-19-9-5-4-8-18(19)23-12-14-24(15-13-23)20(25)10-11-22-17-7-3-2-6-16(17)21/h2-9,22H,10-15H2,1H3. The van der Waals surface area contributed by atoms with Gasteiger partial charge in [-0.1, -0.05) is 24.3 Å². The van der Waals surface area contributed by atoms with Crippen molar-refractivity contribution in [2.45, 2.75) is 6.42 Å². The molecule has 26 heavy (non-hydrogen) atoms. The zero-order chi connectivity index (χ0) is 18.4. The predicted molar refractivity (Wildman–Crippen MR) is 101 cm³/mol. The summed E-state index contributed by atoms with van der Waals surface area (Å²) in [6.45, 7) is 3.32. The third-order valence-corrected chi connectivity index (χ3v) is 4.59. The van der Waals surface area contributed by atoms with Crippen LogP contribution in [0, 0.1) is 5.82 Å². The van der Waals surface area contributed by atoms with Crippen molar-refractivity contribution in [3.8, 4) is 5.75 Å². The fourth-order valence-corrected chi connectivity index (χ4v) is 3.15. The van der Waals surface area contributed by atoms with Crippen LogP contribution in [0.2, 0.25) is 0 Å². The molecule has 1 N–H and O–H groups in total. The number of hydrogen-bond donors (Lipinski definition) is 1. The van der Waals surface area contributed by atoms with Crippen molar-refractivity contribution in [3.05, 3.63) is 54.3 Å². The average Bonchev–Trinajstić information content (AvgIpc) is 2.69. The van der Waals surface area contributed by atoms with Gasteiger partial charge < -0.3 is 19.9 Å². The van der Waals surface area contributed by atoms with E-state index in [1.165, 1.54) is 6.07 Å². The van der Waals surface area contributed by atoms with Gasteiger partial charge >= 0.3 is 0 Å². The third-order valence-electron chi connectivity index (χ3n) is 4.59. The molecule has 0 unspecified atom stereocenters. The van der Waals surface area contributed by atoms with Crippen LogP contribution in [0.25, 0.3) is 0 Å². The van der Waals surface area contributed by atoms with Gasteiger partial charge in [0.2, 0.25) is 5.91 Å². The fourth-order valence-electron chi connectivity index (χ4n) is 3.15. The molecule has 0 atom stereocenters. The molecule has 138 valence electrons. The Morgan fingerprint density at radius 3 is 2.50 bits per heavy atom. The van der Waals surface area contributed by atoms with Gasteiger partial charge in [-0.15, -0.1) is 0 Å². The summed E-state index contributed by atoms with van der Waals surface area (Å²) in [5.41, 5.74) is 1.49. The number of rotatable bonds is 6. The molecule has 2 aromatic carbocycles. The van der Waals surface area contributed by atoms with Crippen molar-refractivity contribution >= 4 is 17.3 Å². The second-order valence-electron chi connectivity index (χ2n) is 6.20. The topological polar surface area (TPSA) is 44.8 Å². The number of nitrogens with zero attached hydrogens (tertiary/aromatic N) is 2. The van der Waals surface area contributed by atoms with E-state index in [-0.39, 0.29) is 11.7 Å². The van der Waals surface area contributed by atoms with Gasteiger partial charge in [0.1, 0.15) is 11.6 Å². The van der Waals surface area contributed by atoms with Crippen molar-refractivity contribution in [1.29, 1.82) is 0 Å². The van der Waals surface area contributed by atoms with Crippen LogP contribution in [0.1, 0.15) is 6.42 Å². The summed E-state index contributed by atoms with van der Waals surface area (Å²) < 4.78 is 19.0. The number of anilines is 2. The zero-order valence-electron chi connectivity index (χ0n) is 15.0. The number of methoxy groups -OCH3 is 1. The summed E-state index contributed by atoms with van der Waals surface area (Å²) in [7, 11) is 1.67. The summed E-state index contributed by atoms with van der Waals surface area (Å²) in [4.78, 5) is 16.5. The second-order valence-corrected chi connectivity index (χ2v) is 6.20. The molecule has 1 saturated heterocycles. The van der Waals surface area contributed by atoms with Crippen LogP contribution in [-0.4, -0.2) is 50.6 Å². The number of ether oxygens (including phenoxy) is 1. The first kappa shape index (κ1) is 18.0. The van der Waals surface area contributed by atoms with E-state index in [9.17, 15) is 9.18 Å². The van der Waals surface area contributed by atoms with Gasteiger partial charge in [-0.25, -0.2) is 4.39 Å². The molecule has 1 fully saturated rings. The molecule has 1 heterocycles. The fraction of sp³-hybridized carbons (Fsp3) is 0.350. The van der Waals surface area contributed by atoms with E-state index in [4.69, 9.17) is 4.74 Å². The molecule has 0 radical (unpaired) electrons. The summed E-state index contributed by atoms with van der Waals surface area (Å²) in [5.74, 6) is 0.639. The highest BCUT2D eigenvalue weighted by atomic mass is 19.1. The van der Waals surface area contributed by atoms with E-state index in [2.05, 4.69) is 10.2 Å². The number of benzene rings is 2. The minimum atomic E-state index is -0.301. The minimum Gasteiger partial charge on any atom is -0.495 e. The van der Waals surface area contributed by atoms with Gasteiger partial charge in [-0.2, -0.15) is 0 Å². The molecule has 0 saturated carbocycles. The summed E-state index contributed by atoms with van der Waals surface area (Å²) in [6.07, 6.45) is 0.350. The monoisotopic (exact) mass is 357 g/mol. The van der Waals surface area contributed by atoms with Crippen molar-refractivity contribution < 1.29 is 13.9 Å². The molecule has 3 rings (SSSR count). The van der Waals surface area contributed by atoms with Crippen molar-refractivity contribution in [3.63, 3.8) is 0 Å². The van der Waals surface area contributed by atoms with Crippen LogP contribution >= 0.6 is 0 Å². The lowest BCUT2D eigenvalue weighted by molar-refractivity contribution is -0.131. The molecule has 0 spiro atoms. The normalized spacial score (nSPS) is 14.2. The third kappa shape index (κ3) is 4.25. The van der Waals surface area contributed by atoms with Gasteiger partial charge in [0.15, 0.2) is 0 Å². The molecule has 0 aromatic heterocycles. The first-order valence-corrected chi connectivity index (χ1v) is 8.83. The maximum Gasteiger partial charge on any atom is 0.224 e. The van der Waals surface area contributed by atoms with E-state index in [1.807, 2.05) is 29.2 Å². The molecule has 1 aliphatic rings. The Labute approximate surface area is 153 Å². The van der Waals surface area contributed by atoms with Gasteiger partial charge in [0.25, 0.3) is 0 Å². The Morgan fingerprint density at radius 2 is 1.77 bits per heavy atom. The summed E-state index contributed by atoms with van der Waals surface area (Å²) in [5, 5.41) is 2.98. The number of hydrogen-bond acceptors (Lipinski definition) is 4. The highest BCUT2D eigenvalue weighted by Gasteiger charge is 2.22. The van der Waals surface area contributed by atoms with Crippen LogP contribution in [0.3, 0.4) is 0 Å². The number of carbonyl (C=O) groups excluding carboxylic acids is 1. The van der Waals surface area contributed by atoms with E-state index in [0.717, 1.165) is 24.5 Å². The van der Waals surface area contributed by atoms with Crippen molar-refractivity contribution in [2.75, 3.05) is 50.1 Å². The van der Waals surface area contributed by atoms with Crippen LogP contribution in [0.15, 0.2) is 48.5 Å². The maximum atomic E-state index is 13.6. The number of halogens is 1. The molecule has 2 aromatic rings. The molecule has 1 aliphatic heterocycles. The van der Waals surface area contributed by atoms with Crippen LogP contribution in [0.4, 0.5) is 15.8 Å². The number of piperazine rings is 1. The van der Waals surface area contributed by atoms with E-state index in [1.54, 1.807) is 25.3 Å². The molecule has 5 nitrogen and oxygen atoms in total. The van der Waals surface area contributed by atoms with Gasteiger partial charge in [0.05, 0.1) is 18.5 Å². The Hall–Kier alpha value is -2.76. The van der Waals surface area contributed by atoms with E-state index in [0.29, 0.717) is 31.7 Å². The SMILES string of the molecule is COc1ccccc1N1CCN(C(=O)CCNc2ccccc2F)CC1. The maximum absolute atomic E-state index is 13.6. The molecular weight excluding hydrogens is 333 g/mol. The number of para-hydroxylation sites is 3. The summed E-state index contributed by atoms with van der Waals surface area (Å²) in [6, 6.07) is 14.4. The Morgan fingerprint density at radius 1 is 1.08 bits per heavy atom. The van der Waals surface area contributed by atoms with Crippen molar-refractivity contribution in [2.24, 2.45) is 0 Å².